The maximum absolute atomic E-state index is 14.4. The second kappa shape index (κ2) is 10.9. The summed E-state index contributed by atoms with van der Waals surface area (Å²) in [5, 5.41) is 8.94. The summed E-state index contributed by atoms with van der Waals surface area (Å²) in [5.41, 5.74) is -2.08. The molecule has 1 atom stereocenters. The minimum Gasteiger partial charge on any atom is -0.494 e. The Morgan fingerprint density at radius 3 is 1.90 bits per heavy atom. The molecule has 3 rings (SSSR count). The molecule has 0 N–H and O–H groups in total. The number of amides is 2. The largest absolute Gasteiger partial charge is 0.533 e. The van der Waals surface area contributed by atoms with Gasteiger partial charge in [0.15, 0.2) is 17.3 Å². The molecular formula is C28H33FN3O7+. The van der Waals surface area contributed by atoms with Crippen molar-refractivity contribution in [2.75, 3.05) is 14.2 Å². The smallest absolute Gasteiger partial charge is 0.494 e. The molecule has 3 aromatic rings. The van der Waals surface area contributed by atoms with Crippen LogP contribution < -0.4 is 9.22 Å². The highest BCUT2D eigenvalue weighted by Crippen LogP contribution is 2.42. The molecule has 10 nitrogen and oxygen atoms in total. The van der Waals surface area contributed by atoms with E-state index in [1.165, 1.54) is 43.8 Å². The Kier molecular flexibility index (Phi) is 8.25. The monoisotopic (exact) mass is 542 g/mol. The molecule has 0 spiro atoms. The van der Waals surface area contributed by atoms with E-state index in [0.717, 1.165) is 13.2 Å². The first-order valence-electron chi connectivity index (χ1n) is 12.1. The van der Waals surface area contributed by atoms with Crippen molar-refractivity contribution in [2.45, 2.75) is 58.8 Å². The lowest BCUT2D eigenvalue weighted by Gasteiger charge is -2.38. The molecule has 0 saturated heterocycles. The number of imide groups is 1. The first-order valence-corrected chi connectivity index (χ1v) is 12.1. The van der Waals surface area contributed by atoms with Crippen LogP contribution >= 0.6 is 0 Å². The molecule has 0 fully saturated rings. The van der Waals surface area contributed by atoms with Gasteiger partial charge in [0, 0.05) is 28.5 Å². The highest BCUT2D eigenvalue weighted by molar-refractivity contribution is 6.09. The Labute approximate surface area is 226 Å². The molecular weight excluding hydrogens is 509 g/mol. The van der Waals surface area contributed by atoms with Crippen LogP contribution in [0.15, 0.2) is 48.8 Å². The van der Waals surface area contributed by atoms with Crippen molar-refractivity contribution in [1.29, 1.82) is 0 Å². The number of methoxy groups -OCH3 is 2. The van der Waals surface area contributed by atoms with Gasteiger partial charge in [0.1, 0.15) is 11.2 Å². The minimum absolute atomic E-state index is 0.0256. The van der Waals surface area contributed by atoms with E-state index in [0.29, 0.717) is 10.8 Å². The van der Waals surface area contributed by atoms with Gasteiger partial charge in [-0.3, -0.25) is 0 Å². The van der Waals surface area contributed by atoms with Crippen molar-refractivity contribution >= 4 is 34.6 Å². The van der Waals surface area contributed by atoms with Gasteiger partial charge in [-0.1, -0.05) is 4.48 Å². The Balaban J connectivity index is 2.51. The third-order valence-electron chi connectivity index (χ3n) is 5.60. The van der Waals surface area contributed by atoms with Crippen molar-refractivity contribution in [3.8, 4) is 5.75 Å². The zero-order valence-corrected chi connectivity index (χ0v) is 23.3. The second-order valence-corrected chi connectivity index (χ2v) is 10.8. The third kappa shape index (κ3) is 6.14. The van der Waals surface area contributed by atoms with Gasteiger partial charge >= 0.3 is 18.2 Å². The summed E-state index contributed by atoms with van der Waals surface area (Å²) >= 11 is 0. The SMILES string of the molecule is COC(=O)C(c1ccc(F)c(OC)c1)[N+](C(=O)OC(C)(C)C)(C(=O)OC(C)(C)C)c1ccc2cnncc2c1. The number of carbonyl (C=O) groups is 3. The maximum atomic E-state index is 14.4. The van der Waals surface area contributed by atoms with Gasteiger partial charge in [-0.05, 0) is 65.8 Å². The fourth-order valence-electron chi connectivity index (χ4n) is 3.99. The predicted molar refractivity (Wildman–Crippen MR) is 142 cm³/mol. The van der Waals surface area contributed by atoms with Crippen LogP contribution in [0.2, 0.25) is 0 Å². The summed E-state index contributed by atoms with van der Waals surface area (Å²) < 4.78 is 34.8. The predicted octanol–water partition coefficient (Wildman–Crippen LogP) is 5.87. The van der Waals surface area contributed by atoms with Crippen LogP contribution in [-0.4, -0.2) is 53.8 Å². The van der Waals surface area contributed by atoms with E-state index in [4.69, 9.17) is 18.9 Å². The van der Waals surface area contributed by atoms with E-state index in [-0.39, 0.29) is 17.0 Å². The second-order valence-electron chi connectivity index (χ2n) is 10.8. The van der Waals surface area contributed by atoms with Gasteiger partial charge in [0.2, 0.25) is 6.04 Å². The van der Waals surface area contributed by atoms with Gasteiger partial charge in [-0.15, -0.1) is 0 Å². The van der Waals surface area contributed by atoms with Gasteiger partial charge < -0.3 is 18.9 Å². The zero-order valence-electron chi connectivity index (χ0n) is 23.3. The molecule has 0 saturated carbocycles. The van der Waals surface area contributed by atoms with E-state index in [2.05, 4.69) is 10.2 Å². The molecule has 0 radical (unpaired) electrons. The van der Waals surface area contributed by atoms with Crippen LogP contribution in [0.1, 0.15) is 53.1 Å². The lowest BCUT2D eigenvalue weighted by Crippen LogP contribution is -2.64. The standard InChI is InChI=1S/C28H33FN3O7/c1-27(2,3)38-25(34)32(26(35)39-28(4,5)6,20-11-9-18-15-30-31-16-19(18)13-20)23(24(33)37-8)17-10-12-21(29)22(14-17)36-7/h9-16,23H,1-8H3/q+1. The molecule has 208 valence electrons. The Hall–Kier alpha value is -4.12. The molecule has 0 aliphatic rings. The normalized spacial score (nSPS) is 12.9. The molecule has 1 aromatic heterocycles. The van der Waals surface area contributed by atoms with E-state index >= 15 is 0 Å². The summed E-state index contributed by atoms with van der Waals surface area (Å²) in [6.45, 7) is 9.74. The number of halogens is 1. The first kappa shape index (κ1) is 29.4. The van der Waals surface area contributed by atoms with E-state index in [9.17, 15) is 18.8 Å². The van der Waals surface area contributed by atoms with E-state index < -0.39 is 45.7 Å². The fraction of sp³-hybridized carbons (Fsp3) is 0.393. The number of benzene rings is 2. The number of rotatable bonds is 5. The van der Waals surface area contributed by atoms with Crippen molar-refractivity contribution in [1.82, 2.24) is 14.7 Å². The molecule has 1 heterocycles. The summed E-state index contributed by atoms with van der Waals surface area (Å²) in [4.78, 5) is 42.2. The molecule has 0 aliphatic heterocycles. The number of hydrogen-bond donors (Lipinski definition) is 0. The zero-order chi connectivity index (χ0) is 29.2. The number of esters is 1. The highest BCUT2D eigenvalue weighted by Gasteiger charge is 2.63. The number of ether oxygens (including phenoxy) is 4. The quantitative estimate of drug-likeness (QED) is 0.222. The summed E-state index contributed by atoms with van der Waals surface area (Å²) in [7, 11) is 2.37. The maximum Gasteiger partial charge on any atom is 0.533 e. The summed E-state index contributed by atoms with van der Waals surface area (Å²) in [5.74, 6) is -1.89. The average molecular weight is 543 g/mol. The van der Waals surface area contributed by atoms with Crippen LogP contribution in [-0.2, 0) is 19.0 Å². The molecule has 11 heteroatoms. The van der Waals surface area contributed by atoms with Crippen LogP contribution in [0.25, 0.3) is 10.8 Å². The topological polar surface area (TPSA) is 114 Å². The number of fused-ring (bicyclic) bond motifs is 1. The first-order chi connectivity index (χ1) is 18.1. The number of aromatic nitrogens is 2. The Bertz CT molecular complexity index is 1370. The molecule has 0 bridgehead atoms. The van der Waals surface area contributed by atoms with Gasteiger partial charge in [0.25, 0.3) is 0 Å². The number of carbonyl (C=O) groups excluding carboxylic acids is 3. The lowest BCUT2D eigenvalue weighted by molar-refractivity contribution is -0.146. The van der Waals surface area contributed by atoms with Gasteiger partial charge in [-0.2, -0.15) is 19.8 Å². The molecule has 2 amide bonds. The summed E-state index contributed by atoms with van der Waals surface area (Å²) in [6, 6.07) is 6.49. The average Bonchev–Trinajstić information content (AvgIpc) is 2.84. The van der Waals surface area contributed by atoms with Crippen molar-refractivity contribution < 1.29 is 37.7 Å². The van der Waals surface area contributed by atoms with Gasteiger partial charge in [-0.25, -0.2) is 9.18 Å². The van der Waals surface area contributed by atoms with Crippen LogP contribution in [0, 0.1) is 5.82 Å². The van der Waals surface area contributed by atoms with E-state index in [1.54, 1.807) is 47.6 Å². The molecule has 0 aliphatic carbocycles. The molecule has 39 heavy (non-hydrogen) atoms. The minimum atomic E-state index is -1.72. The molecule has 2 aromatic carbocycles. The number of hydrogen-bond acceptors (Lipinski definition) is 9. The van der Waals surface area contributed by atoms with Crippen LogP contribution in [0.5, 0.6) is 5.75 Å². The van der Waals surface area contributed by atoms with Crippen molar-refractivity contribution in [3.63, 3.8) is 0 Å². The van der Waals surface area contributed by atoms with Gasteiger partial charge in [0.05, 0.1) is 26.6 Å². The van der Waals surface area contributed by atoms with Crippen molar-refractivity contribution in [2.24, 2.45) is 0 Å². The number of nitrogens with zero attached hydrogens (tertiary/aromatic N) is 3. The fourth-order valence-corrected chi connectivity index (χ4v) is 3.99. The lowest BCUT2D eigenvalue weighted by atomic mass is 10.00. The number of quaternary nitrogens is 1. The Morgan fingerprint density at radius 2 is 1.38 bits per heavy atom. The summed E-state index contributed by atoms with van der Waals surface area (Å²) in [6.07, 6.45) is 0.733. The Morgan fingerprint density at radius 1 is 0.821 bits per heavy atom. The van der Waals surface area contributed by atoms with Crippen LogP contribution in [0.3, 0.4) is 0 Å². The third-order valence-corrected chi connectivity index (χ3v) is 5.60. The highest BCUT2D eigenvalue weighted by atomic mass is 19.1. The van der Waals surface area contributed by atoms with E-state index in [1.807, 2.05) is 0 Å². The van der Waals surface area contributed by atoms with Crippen molar-refractivity contribution in [3.05, 3.63) is 60.2 Å². The molecule has 1 unspecified atom stereocenters. The van der Waals surface area contributed by atoms with Crippen LogP contribution in [0.4, 0.5) is 19.7 Å².